The zero-order chi connectivity index (χ0) is 4.41. The van der Waals surface area contributed by atoms with Crippen LogP contribution in [0.2, 0.25) is 6.04 Å². The molecule has 1 rings (SSSR count). The Kier molecular flexibility index (Phi) is 1.27. The van der Waals surface area contributed by atoms with E-state index in [1.807, 2.05) is 0 Å². The highest BCUT2D eigenvalue weighted by atomic mass is 28.1. The largest absolute Gasteiger partial charge is 0.381 e. The molecule has 6 heavy (non-hydrogen) atoms. The van der Waals surface area contributed by atoms with Crippen molar-refractivity contribution in [2.75, 3.05) is 13.2 Å². The van der Waals surface area contributed by atoms with Gasteiger partial charge in [-0.1, -0.05) is 6.04 Å². The predicted molar refractivity (Wildman–Crippen MR) is 29.1 cm³/mol. The number of hydrogen-bond acceptors (Lipinski definition) is 1. The van der Waals surface area contributed by atoms with Crippen molar-refractivity contribution in [1.29, 1.82) is 0 Å². The summed E-state index contributed by atoms with van der Waals surface area (Å²) in [5.74, 6) is 0.955. The molecule has 36 valence electrons. The molecule has 1 aliphatic rings. The fraction of sp³-hybridized carbons (Fsp3) is 1.00. The van der Waals surface area contributed by atoms with Crippen LogP contribution in [-0.4, -0.2) is 23.5 Å². The maximum atomic E-state index is 4.95. The molecule has 0 aromatic rings. The first-order valence-electron chi connectivity index (χ1n) is 2.51. The molecule has 1 saturated heterocycles. The summed E-state index contributed by atoms with van der Waals surface area (Å²) in [5.41, 5.74) is 0. The van der Waals surface area contributed by atoms with Crippen LogP contribution in [0.15, 0.2) is 0 Å². The normalized spacial score (nSPS) is 24.0. The molecule has 0 aliphatic carbocycles. The third-order valence-electron chi connectivity index (χ3n) is 1.28. The molecule has 0 spiro atoms. The minimum atomic E-state index is 0.955. The van der Waals surface area contributed by atoms with Crippen molar-refractivity contribution in [1.82, 2.24) is 0 Å². The van der Waals surface area contributed by atoms with Gasteiger partial charge in [0.05, 0.1) is 13.2 Å². The van der Waals surface area contributed by atoms with Gasteiger partial charge in [0, 0.05) is 16.2 Å². The van der Waals surface area contributed by atoms with E-state index in [1.165, 1.54) is 16.3 Å². The van der Waals surface area contributed by atoms with Crippen LogP contribution in [0.25, 0.3) is 0 Å². The van der Waals surface area contributed by atoms with Crippen LogP contribution >= 0.6 is 0 Å². The Bertz CT molecular complexity index is 40.1. The zero-order valence-corrected chi connectivity index (χ0v) is 6.11. The van der Waals surface area contributed by atoms with Gasteiger partial charge in [0.1, 0.15) is 0 Å². The molecule has 0 amide bonds. The first-order valence-corrected chi connectivity index (χ1v) is 3.92. The average molecular weight is 102 g/mol. The molecule has 0 unspecified atom stereocenters. The van der Waals surface area contributed by atoms with E-state index >= 15 is 0 Å². The topological polar surface area (TPSA) is 9.23 Å². The second-order valence-electron chi connectivity index (χ2n) is 1.81. The molecular weight excluding hydrogens is 92.1 g/mol. The van der Waals surface area contributed by atoms with E-state index in [2.05, 4.69) is 0 Å². The summed E-state index contributed by atoms with van der Waals surface area (Å²) in [6.07, 6.45) is 0. The lowest BCUT2D eigenvalue weighted by Crippen LogP contribution is -2.26. The lowest BCUT2D eigenvalue weighted by Gasteiger charge is -2.23. The maximum absolute atomic E-state index is 4.95. The fourth-order valence-corrected chi connectivity index (χ4v) is 0.992. The van der Waals surface area contributed by atoms with E-state index < -0.39 is 0 Å². The lowest BCUT2D eigenvalue weighted by atomic mass is 10.1. The summed E-state index contributed by atoms with van der Waals surface area (Å²) in [4.78, 5) is 0. The molecule has 0 N–H and O–H groups in total. The van der Waals surface area contributed by atoms with E-state index in [-0.39, 0.29) is 0 Å². The van der Waals surface area contributed by atoms with Crippen LogP contribution in [0.4, 0.5) is 0 Å². The van der Waals surface area contributed by atoms with Crippen LogP contribution in [-0.2, 0) is 4.74 Å². The van der Waals surface area contributed by atoms with Crippen molar-refractivity contribution in [2.24, 2.45) is 5.92 Å². The summed E-state index contributed by atoms with van der Waals surface area (Å²) >= 11 is 0. The first kappa shape index (κ1) is 4.34. The molecule has 0 aromatic carbocycles. The second kappa shape index (κ2) is 1.75. The lowest BCUT2D eigenvalue weighted by molar-refractivity contribution is -0.0217. The molecule has 1 aliphatic heterocycles. The SMILES string of the molecule is [SiH3]CC1COC1. The Balaban J connectivity index is 2.01. The molecule has 0 radical (unpaired) electrons. The molecule has 0 aromatic heterocycles. The number of rotatable bonds is 1. The molecular formula is C4H10OSi. The van der Waals surface area contributed by atoms with Gasteiger partial charge in [-0.05, 0) is 0 Å². The molecule has 1 heterocycles. The third-order valence-corrected chi connectivity index (χ3v) is 2.44. The van der Waals surface area contributed by atoms with Crippen molar-refractivity contribution < 1.29 is 4.74 Å². The molecule has 0 atom stereocenters. The van der Waals surface area contributed by atoms with E-state index in [0.29, 0.717) is 0 Å². The molecule has 1 fully saturated rings. The van der Waals surface area contributed by atoms with Crippen molar-refractivity contribution >= 4 is 10.2 Å². The van der Waals surface area contributed by atoms with Crippen LogP contribution in [0.1, 0.15) is 0 Å². The zero-order valence-electron chi connectivity index (χ0n) is 4.11. The highest BCUT2D eigenvalue weighted by Gasteiger charge is 2.14. The summed E-state index contributed by atoms with van der Waals surface area (Å²) in [6.45, 7) is 2.09. The van der Waals surface area contributed by atoms with Gasteiger partial charge >= 0.3 is 0 Å². The molecule has 1 nitrogen and oxygen atoms in total. The highest BCUT2D eigenvalue weighted by Crippen LogP contribution is 2.11. The van der Waals surface area contributed by atoms with Crippen LogP contribution < -0.4 is 0 Å². The van der Waals surface area contributed by atoms with Crippen LogP contribution in [0.5, 0.6) is 0 Å². The van der Waals surface area contributed by atoms with E-state index in [9.17, 15) is 0 Å². The van der Waals surface area contributed by atoms with Gasteiger partial charge in [-0.3, -0.25) is 0 Å². The van der Waals surface area contributed by atoms with Crippen LogP contribution in [0, 0.1) is 5.92 Å². The van der Waals surface area contributed by atoms with Crippen molar-refractivity contribution in [3.63, 3.8) is 0 Å². The maximum Gasteiger partial charge on any atom is 0.0513 e. The Labute approximate surface area is 41.1 Å². The average Bonchev–Trinajstić information content (AvgIpc) is 1.31. The highest BCUT2D eigenvalue weighted by molar-refractivity contribution is 6.08. The minimum Gasteiger partial charge on any atom is -0.381 e. The standard InChI is InChI=1S/C4H10OSi/c6-3-4-1-5-2-4/h4H,1-3H2,6H3. The van der Waals surface area contributed by atoms with Gasteiger partial charge in [0.2, 0.25) is 0 Å². The number of hydrogen-bond donors (Lipinski definition) is 0. The summed E-state index contributed by atoms with van der Waals surface area (Å²) < 4.78 is 4.95. The Morgan fingerprint density at radius 2 is 2.33 bits per heavy atom. The van der Waals surface area contributed by atoms with Gasteiger partial charge in [-0.25, -0.2) is 0 Å². The Hall–Kier alpha value is 0.177. The summed E-state index contributed by atoms with van der Waals surface area (Å²) in [7, 11) is 1.35. The van der Waals surface area contributed by atoms with Gasteiger partial charge in [0.15, 0.2) is 0 Å². The van der Waals surface area contributed by atoms with Gasteiger partial charge in [0.25, 0.3) is 0 Å². The van der Waals surface area contributed by atoms with Gasteiger partial charge in [-0.15, -0.1) is 0 Å². The van der Waals surface area contributed by atoms with E-state index in [0.717, 1.165) is 19.1 Å². The van der Waals surface area contributed by atoms with Crippen LogP contribution in [0.3, 0.4) is 0 Å². The third kappa shape index (κ3) is 0.630. The van der Waals surface area contributed by atoms with Crippen molar-refractivity contribution in [3.05, 3.63) is 0 Å². The Morgan fingerprint density at radius 1 is 1.67 bits per heavy atom. The van der Waals surface area contributed by atoms with E-state index in [1.54, 1.807) is 0 Å². The smallest absolute Gasteiger partial charge is 0.0513 e. The van der Waals surface area contributed by atoms with E-state index in [4.69, 9.17) is 4.74 Å². The monoisotopic (exact) mass is 102 g/mol. The predicted octanol–water partition coefficient (Wildman–Crippen LogP) is -0.584. The fourth-order valence-electron chi connectivity index (χ4n) is 0.520. The van der Waals surface area contributed by atoms with Crippen molar-refractivity contribution in [2.45, 2.75) is 6.04 Å². The molecule has 0 bridgehead atoms. The van der Waals surface area contributed by atoms with Gasteiger partial charge in [-0.2, -0.15) is 0 Å². The molecule has 0 saturated carbocycles. The summed E-state index contributed by atoms with van der Waals surface area (Å²) in [5, 5.41) is 0. The number of ether oxygens (including phenoxy) is 1. The second-order valence-corrected chi connectivity index (χ2v) is 2.63. The molecule has 2 heteroatoms. The van der Waals surface area contributed by atoms with Gasteiger partial charge < -0.3 is 4.74 Å². The minimum absolute atomic E-state index is 0.955. The first-order chi connectivity index (χ1) is 2.93. The van der Waals surface area contributed by atoms with Crippen molar-refractivity contribution in [3.8, 4) is 0 Å². The Morgan fingerprint density at radius 3 is 2.33 bits per heavy atom. The quantitative estimate of drug-likeness (QED) is 0.402. The summed E-state index contributed by atoms with van der Waals surface area (Å²) in [6, 6.07) is 1.43.